The molecule has 1 heterocycles. The Morgan fingerprint density at radius 2 is 1.88 bits per heavy atom. The number of nitrogens with zero attached hydrogens (tertiary/aromatic N) is 1. The molecule has 0 bridgehead atoms. The maximum atomic E-state index is 13.8. The summed E-state index contributed by atoms with van der Waals surface area (Å²) in [6.45, 7) is 2.71. The monoisotopic (exact) mass is 327 g/mol. The van der Waals surface area contributed by atoms with Crippen LogP contribution in [0.4, 0.5) is 4.39 Å². The average molecular weight is 327 g/mol. The zero-order valence-corrected chi connectivity index (χ0v) is 13.6. The van der Waals surface area contributed by atoms with E-state index in [1.807, 2.05) is 18.2 Å². The molecule has 1 aliphatic heterocycles. The van der Waals surface area contributed by atoms with E-state index in [2.05, 4.69) is 4.90 Å². The number of benzene rings is 2. The molecule has 2 aromatic carbocycles. The van der Waals surface area contributed by atoms with E-state index in [1.54, 1.807) is 24.3 Å². The maximum absolute atomic E-state index is 13.8. The Morgan fingerprint density at radius 1 is 1.12 bits per heavy atom. The van der Waals surface area contributed by atoms with E-state index < -0.39 is 5.97 Å². The van der Waals surface area contributed by atoms with E-state index in [-0.39, 0.29) is 5.82 Å². The van der Waals surface area contributed by atoms with Gasteiger partial charge in [-0.15, -0.1) is 0 Å². The SMILES string of the molecule is O=C(O)c1cccc(CN2CCC(Cc3ccccc3F)CC2)c1. The molecule has 1 N–H and O–H groups in total. The minimum atomic E-state index is -0.888. The number of carboxylic acids is 1. The van der Waals surface area contributed by atoms with Gasteiger partial charge in [0.15, 0.2) is 0 Å². The quantitative estimate of drug-likeness (QED) is 0.903. The fourth-order valence-corrected chi connectivity index (χ4v) is 3.38. The molecule has 0 radical (unpaired) electrons. The van der Waals surface area contributed by atoms with Gasteiger partial charge in [-0.3, -0.25) is 4.90 Å². The van der Waals surface area contributed by atoms with Crippen molar-refractivity contribution in [2.75, 3.05) is 13.1 Å². The van der Waals surface area contributed by atoms with Crippen LogP contribution in [0.25, 0.3) is 0 Å². The lowest BCUT2D eigenvalue weighted by Gasteiger charge is -2.32. The summed E-state index contributed by atoms with van der Waals surface area (Å²) in [5, 5.41) is 9.07. The van der Waals surface area contributed by atoms with Crippen LogP contribution in [0.1, 0.15) is 34.3 Å². The molecule has 1 fully saturated rings. The van der Waals surface area contributed by atoms with Crippen molar-refractivity contribution in [3.63, 3.8) is 0 Å². The minimum Gasteiger partial charge on any atom is -0.478 e. The number of carboxylic acid groups (broad SMARTS) is 1. The highest BCUT2D eigenvalue weighted by atomic mass is 19.1. The smallest absolute Gasteiger partial charge is 0.335 e. The lowest BCUT2D eigenvalue weighted by atomic mass is 9.90. The number of aromatic carboxylic acids is 1. The van der Waals surface area contributed by atoms with Crippen LogP contribution in [0, 0.1) is 11.7 Å². The molecule has 0 aromatic heterocycles. The highest BCUT2D eigenvalue weighted by Crippen LogP contribution is 2.24. The molecule has 3 nitrogen and oxygen atoms in total. The fraction of sp³-hybridized carbons (Fsp3) is 0.350. The lowest BCUT2D eigenvalue weighted by Crippen LogP contribution is -2.34. The Labute approximate surface area is 141 Å². The van der Waals surface area contributed by atoms with Gasteiger partial charge in [0, 0.05) is 6.54 Å². The van der Waals surface area contributed by atoms with E-state index in [9.17, 15) is 9.18 Å². The molecular formula is C20H22FNO2. The number of carbonyl (C=O) groups is 1. The van der Waals surface area contributed by atoms with Crippen molar-refractivity contribution in [1.82, 2.24) is 4.90 Å². The van der Waals surface area contributed by atoms with Crippen molar-refractivity contribution in [2.24, 2.45) is 5.92 Å². The molecule has 0 atom stereocenters. The molecule has 1 saturated heterocycles. The summed E-state index contributed by atoms with van der Waals surface area (Å²) < 4.78 is 13.8. The number of hydrogen-bond acceptors (Lipinski definition) is 2. The van der Waals surface area contributed by atoms with Gasteiger partial charge < -0.3 is 5.11 Å². The van der Waals surface area contributed by atoms with Crippen molar-refractivity contribution >= 4 is 5.97 Å². The Morgan fingerprint density at radius 3 is 2.58 bits per heavy atom. The average Bonchev–Trinajstić information content (AvgIpc) is 2.59. The van der Waals surface area contributed by atoms with Crippen LogP contribution in [0.2, 0.25) is 0 Å². The number of piperidine rings is 1. The standard InChI is InChI=1S/C20H22FNO2/c21-19-7-2-1-5-17(19)12-15-8-10-22(11-9-15)14-16-4-3-6-18(13-16)20(23)24/h1-7,13,15H,8-12,14H2,(H,23,24). The summed E-state index contributed by atoms with van der Waals surface area (Å²) in [5.74, 6) is -0.477. The van der Waals surface area contributed by atoms with Gasteiger partial charge in [-0.1, -0.05) is 30.3 Å². The van der Waals surface area contributed by atoms with Gasteiger partial charge in [0.05, 0.1) is 5.56 Å². The molecule has 0 aliphatic carbocycles. The Balaban J connectivity index is 1.53. The van der Waals surface area contributed by atoms with Crippen molar-refractivity contribution < 1.29 is 14.3 Å². The normalized spacial score (nSPS) is 16.2. The summed E-state index contributed by atoms with van der Waals surface area (Å²) in [6.07, 6.45) is 2.90. The fourth-order valence-electron chi connectivity index (χ4n) is 3.38. The van der Waals surface area contributed by atoms with Crippen LogP contribution in [0.3, 0.4) is 0 Å². The second kappa shape index (κ2) is 7.58. The summed E-state index contributed by atoms with van der Waals surface area (Å²) >= 11 is 0. The van der Waals surface area contributed by atoms with Gasteiger partial charge in [0.1, 0.15) is 5.82 Å². The van der Waals surface area contributed by atoms with E-state index in [4.69, 9.17) is 5.11 Å². The van der Waals surface area contributed by atoms with Crippen LogP contribution in [-0.2, 0) is 13.0 Å². The first-order valence-corrected chi connectivity index (χ1v) is 8.40. The van der Waals surface area contributed by atoms with Crippen molar-refractivity contribution in [3.05, 3.63) is 71.0 Å². The highest BCUT2D eigenvalue weighted by Gasteiger charge is 2.20. The van der Waals surface area contributed by atoms with Crippen molar-refractivity contribution in [3.8, 4) is 0 Å². The molecule has 4 heteroatoms. The summed E-state index contributed by atoms with van der Waals surface area (Å²) in [7, 11) is 0. The number of halogens is 1. The second-order valence-corrected chi connectivity index (χ2v) is 6.52. The molecule has 1 aliphatic rings. The first-order valence-electron chi connectivity index (χ1n) is 8.40. The van der Waals surface area contributed by atoms with E-state index in [0.717, 1.165) is 50.0 Å². The number of hydrogen-bond donors (Lipinski definition) is 1. The van der Waals surface area contributed by atoms with Gasteiger partial charge in [-0.25, -0.2) is 9.18 Å². The van der Waals surface area contributed by atoms with Crippen LogP contribution in [0.15, 0.2) is 48.5 Å². The third-order valence-electron chi connectivity index (χ3n) is 4.75. The van der Waals surface area contributed by atoms with E-state index >= 15 is 0 Å². The molecule has 0 unspecified atom stereocenters. The molecule has 0 amide bonds. The lowest BCUT2D eigenvalue weighted by molar-refractivity contribution is 0.0696. The third kappa shape index (κ3) is 4.20. The third-order valence-corrected chi connectivity index (χ3v) is 4.75. The van der Waals surface area contributed by atoms with E-state index in [1.165, 1.54) is 6.07 Å². The van der Waals surface area contributed by atoms with Gasteiger partial charge in [0.2, 0.25) is 0 Å². The number of likely N-dealkylation sites (tertiary alicyclic amines) is 1. The Bertz CT molecular complexity index is 708. The Hall–Kier alpha value is -2.20. The molecule has 0 saturated carbocycles. The molecule has 24 heavy (non-hydrogen) atoms. The summed E-state index contributed by atoms with van der Waals surface area (Å²) in [6, 6.07) is 14.1. The molecule has 3 rings (SSSR count). The second-order valence-electron chi connectivity index (χ2n) is 6.52. The van der Waals surface area contributed by atoms with Crippen LogP contribution in [-0.4, -0.2) is 29.1 Å². The van der Waals surface area contributed by atoms with Gasteiger partial charge >= 0.3 is 5.97 Å². The minimum absolute atomic E-state index is 0.106. The molecular weight excluding hydrogens is 305 g/mol. The van der Waals surface area contributed by atoms with Crippen LogP contribution < -0.4 is 0 Å². The topological polar surface area (TPSA) is 40.5 Å². The van der Waals surface area contributed by atoms with Gasteiger partial charge in [0.25, 0.3) is 0 Å². The molecule has 0 spiro atoms. The van der Waals surface area contributed by atoms with Crippen molar-refractivity contribution in [2.45, 2.75) is 25.8 Å². The molecule has 126 valence electrons. The maximum Gasteiger partial charge on any atom is 0.335 e. The predicted molar refractivity (Wildman–Crippen MR) is 91.5 cm³/mol. The predicted octanol–water partition coefficient (Wildman–Crippen LogP) is 3.98. The zero-order chi connectivity index (χ0) is 16.9. The molecule has 2 aromatic rings. The highest BCUT2D eigenvalue weighted by molar-refractivity contribution is 5.87. The van der Waals surface area contributed by atoms with Gasteiger partial charge in [-0.2, -0.15) is 0 Å². The first-order chi connectivity index (χ1) is 11.6. The first kappa shape index (κ1) is 16.7. The largest absolute Gasteiger partial charge is 0.478 e. The number of rotatable bonds is 5. The van der Waals surface area contributed by atoms with Crippen LogP contribution >= 0.6 is 0 Å². The van der Waals surface area contributed by atoms with E-state index in [0.29, 0.717) is 11.5 Å². The summed E-state index contributed by atoms with van der Waals surface area (Å²) in [4.78, 5) is 13.4. The van der Waals surface area contributed by atoms with Crippen molar-refractivity contribution in [1.29, 1.82) is 0 Å². The summed E-state index contributed by atoms with van der Waals surface area (Å²) in [5.41, 5.74) is 2.18. The zero-order valence-electron chi connectivity index (χ0n) is 13.6. The van der Waals surface area contributed by atoms with Gasteiger partial charge in [-0.05, 0) is 67.6 Å². The van der Waals surface area contributed by atoms with Crippen LogP contribution in [0.5, 0.6) is 0 Å². The Kier molecular flexibility index (Phi) is 5.26.